The number of hydrogen-bond donors (Lipinski definition) is 2. The van der Waals surface area contributed by atoms with Gasteiger partial charge in [-0.2, -0.15) is 0 Å². The Morgan fingerprint density at radius 2 is 2.17 bits per heavy atom. The molecule has 1 aliphatic heterocycles. The number of nitrogens with one attached hydrogen (secondary N) is 2. The molecule has 1 aliphatic rings. The Morgan fingerprint density at radius 3 is 3.08 bits per heavy atom. The fourth-order valence-electron chi connectivity index (χ4n) is 1.23. The van der Waals surface area contributed by atoms with Crippen molar-refractivity contribution >= 4 is 11.5 Å². The third kappa shape index (κ3) is 1.32. The molecule has 3 nitrogen and oxygen atoms in total. The first kappa shape index (κ1) is 7.34. The highest BCUT2D eigenvalue weighted by molar-refractivity contribution is 5.64. The van der Waals surface area contributed by atoms with Crippen molar-refractivity contribution in [1.82, 2.24) is 4.98 Å². The zero-order valence-corrected chi connectivity index (χ0v) is 6.60. The van der Waals surface area contributed by atoms with Crippen LogP contribution in [0.1, 0.15) is 6.42 Å². The van der Waals surface area contributed by atoms with Crippen molar-refractivity contribution < 1.29 is 4.39 Å². The molecular formula is C8H10FN3. The normalized spacial score (nSPS) is 15.4. The number of rotatable bonds is 0. The van der Waals surface area contributed by atoms with Crippen molar-refractivity contribution in [2.45, 2.75) is 6.42 Å². The summed E-state index contributed by atoms with van der Waals surface area (Å²) in [6, 6.07) is 1.46. The summed E-state index contributed by atoms with van der Waals surface area (Å²) in [4.78, 5) is 3.93. The molecule has 0 bridgehead atoms. The number of fused-ring (bicyclic) bond motifs is 1. The van der Waals surface area contributed by atoms with Gasteiger partial charge in [0.2, 0.25) is 0 Å². The lowest BCUT2D eigenvalue weighted by Crippen LogP contribution is -2.01. The molecular weight excluding hydrogens is 157 g/mol. The molecule has 0 aromatic carbocycles. The van der Waals surface area contributed by atoms with E-state index in [1.54, 1.807) is 0 Å². The molecule has 1 aromatic rings. The molecule has 2 rings (SSSR count). The second kappa shape index (κ2) is 2.97. The van der Waals surface area contributed by atoms with Gasteiger partial charge in [-0.1, -0.05) is 0 Å². The summed E-state index contributed by atoms with van der Waals surface area (Å²) in [5.41, 5.74) is 0.757. The summed E-state index contributed by atoms with van der Waals surface area (Å²) in [5, 5.41) is 6.21. The average molecular weight is 167 g/mol. The van der Waals surface area contributed by atoms with Crippen LogP contribution < -0.4 is 10.6 Å². The van der Waals surface area contributed by atoms with Crippen molar-refractivity contribution in [3.05, 3.63) is 18.1 Å². The summed E-state index contributed by atoms with van der Waals surface area (Å²) in [6.45, 7) is 1.75. The number of anilines is 2. The van der Waals surface area contributed by atoms with Crippen LogP contribution in [-0.4, -0.2) is 18.1 Å². The highest BCUT2D eigenvalue weighted by Crippen LogP contribution is 2.21. The second-order valence-corrected chi connectivity index (χ2v) is 2.76. The van der Waals surface area contributed by atoms with E-state index in [1.807, 2.05) is 0 Å². The molecule has 0 amide bonds. The number of hydrogen-bond acceptors (Lipinski definition) is 3. The minimum atomic E-state index is -0.301. The van der Waals surface area contributed by atoms with Crippen LogP contribution in [0, 0.1) is 5.82 Å². The maximum atomic E-state index is 12.7. The molecule has 1 aromatic heterocycles. The number of aromatic nitrogens is 1. The van der Waals surface area contributed by atoms with E-state index in [-0.39, 0.29) is 5.82 Å². The molecule has 2 heterocycles. The Labute approximate surface area is 70.0 Å². The summed E-state index contributed by atoms with van der Waals surface area (Å²) in [7, 11) is 0. The molecule has 12 heavy (non-hydrogen) atoms. The van der Waals surface area contributed by atoms with Crippen LogP contribution in [0.3, 0.4) is 0 Å². The van der Waals surface area contributed by atoms with E-state index in [2.05, 4.69) is 15.6 Å². The van der Waals surface area contributed by atoms with E-state index in [0.29, 0.717) is 0 Å². The smallest absolute Gasteiger partial charge is 0.149 e. The predicted molar refractivity (Wildman–Crippen MR) is 45.8 cm³/mol. The maximum absolute atomic E-state index is 12.7. The van der Waals surface area contributed by atoms with Crippen LogP contribution in [0.5, 0.6) is 0 Å². The van der Waals surface area contributed by atoms with Gasteiger partial charge < -0.3 is 10.6 Å². The molecule has 0 spiro atoms. The standard InChI is InChI=1S/C8H10FN3/c9-6-4-7-8(12-5-6)11-3-1-2-10-7/h4-5,10H,1-3H2,(H,11,12). The first-order chi connectivity index (χ1) is 5.86. The van der Waals surface area contributed by atoms with Gasteiger partial charge in [0.25, 0.3) is 0 Å². The van der Waals surface area contributed by atoms with Gasteiger partial charge in [0.1, 0.15) is 11.6 Å². The Hall–Kier alpha value is -1.32. The summed E-state index contributed by atoms with van der Waals surface area (Å²) >= 11 is 0. The van der Waals surface area contributed by atoms with Crippen LogP contribution >= 0.6 is 0 Å². The van der Waals surface area contributed by atoms with Crippen LogP contribution in [0.25, 0.3) is 0 Å². The Bertz CT molecular complexity index is 288. The van der Waals surface area contributed by atoms with Gasteiger partial charge in [-0.05, 0) is 6.42 Å². The molecule has 64 valence electrons. The van der Waals surface area contributed by atoms with Gasteiger partial charge in [-0.25, -0.2) is 9.37 Å². The van der Waals surface area contributed by atoms with Gasteiger partial charge >= 0.3 is 0 Å². The highest BCUT2D eigenvalue weighted by atomic mass is 19.1. The van der Waals surface area contributed by atoms with Gasteiger partial charge in [0.15, 0.2) is 0 Å². The van der Waals surface area contributed by atoms with Crippen LogP contribution in [-0.2, 0) is 0 Å². The quantitative estimate of drug-likeness (QED) is 0.614. The molecule has 0 saturated heterocycles. The first-order valence-electron chi connectivity index (χ1n) is 3.99. The van der Waals surface area contributed by atoms with Crippen molar-refractivity contribution in [3.63, 3.8) is 0 Å². The zero-order valence-electron chi connectivity index (χ0n) is 6.60. The SMILES string of the molecule is Fc1cnc2c(c1)NCCCN2. The van der Waals surface area contributed by atoms with E-state index in [1.165, 1.54) is 12.3 Å². The van der Waals surface area contributed by atoms with Crippen LogP contribution in [0.4, 0.5) is 15.9 Å². The fraction of sp³-hybridized carbons (Fsp3) is 0.375. The minimum absolute atomic E-state index is 0.301. The third-order valence-electron chi connectivity index (χ3n) is 1.82. The molecule has 0 saturated carbocycles. The Morgan fingerprint density at radius 1 is 1.33 bits per heavy atom. The molecule has 4 heteroatoms. The van der Waals surface area contributed by atoms with Gasteiger partial charge in [0, 0.05) is 19.2 Å². The molecule has 0 aliphatic carbocycles. The van der Waals surface area contributed by atoms with E-state index in [0.717, 1.165) is 31.0 Å². The van der Waals surface area contributed by atoms with Gasteiger partial charge in [-0.3, -0.25) is 0 Å². The topological polar surface area (TPSA) is 37.0 Å². The lowest BCUT2D eigenvalue weighted by atomic mass is 10.4. The first-order valence-corrected chi connectivity index (χ1v) is 3.99. The number of nitrogens with zero attached hydrogens (tertiary/aromatic N) is 1. The summed E-state index contributed by atoms with van der Waals surface area (Å²) < 4.78 is 12.7. The van der Waals surface area contributed by atoms with Crippen LogP contribution in [0.15, 0.2) is 12.3 Å². The summed E-state index contributed by atoms with van der Waals surface area (Å²) in [6.07, 6.45) is 2.25. The molecule has 0 atom stereocenters. The molecule has 0 radical (unpaired) electrons. The van der Waals surface area contributed by atoms with E-state index < -0.39 is 0 Å². The lowest BCUT2D eigenvalue weighted by molar-refractivity contribution is 0.622. The molecule has 0 unspecified atom stereocenters. The summed E-state index contributed by atoms with van der Waals surface area (Å²) in [5.74, 6) is 0.443. The third-order valence-corrected chi connectivity index (χ3v) is 1.82. The molecule has 2 N–H and O–H groups in total. The van der Waals surface area contributed by atoms with Crippen LogP contribution in [0.2, 0.25) is 0 Å². The minimum Gasteiger partial charge on any atom is -0.382 e. The monoisotopic (exact) mass is 167 g/mol. The van der Waals surface area contributed by atoms with Crippen molar-refractivity contribution in [1.29, 1.82) is 0 Å². The fourth-order valence-corrected chi connectivity index (χ4v) is 1.23. The van der Waals surface area contributed by atoms with Crippen molar-refractivity contribution in [2.24, 2.45) is 0 Å². The van der Waals surface area contributed by atoms with E-state index >= 15 is 0 Å². The van der Waals surface area contributed by atoms with Crippen molar-refractivity contribution in [2.75, 3.05) is 23.7 Å². The number of halogens is 1. The maximum Gasteiger partial charge on any atom is 0.149 e. The zero-order chi connectivity index (χ0) is 8.39. The molecule has 0 fully saturated rings. The average Bonchev–Trinajstić information content (AvgIpc) is 2.28. The Balaban J connectivity index is 2.36. The second-order valence-electron chi connectivity index (χ2n) is 2.76. The Kier molecular flexibility index (Phi) is 1.81. The van der Waals surface area contributed by atoms with E-state index in [4.69, 9.17) is 0 Å². The van der Waals surface area contributed by atoms with Gasteiger partial charge in [0.05, 0.1) is 11.9 Å². The number of pyridine rings is 1. The lowest BCUT2D eigenvalue weighted by Gasteiger charge is -2.05. The van der Waals surface area contributed by atoms with E-state index in [9.17, 15) is 4.39 Å². The largest absolute Gasteiger partial charge is 0.382 e. The van der Waals surface area contributed by atoms with Gasteiger partial charge in [-0.15, -0.1) is 0 Å². The predicted octanol–water partition coefficient (Wildman–Crippen LogP) is 1.45. The highest BCUT2D eigenvalue weighted by Gasteiger charge is 2.07. The van der Waals surface area contributed by atoms with Crippen molar-refractivity contribution in [3.8, 4) is 0 Å².